The fourth-order valence-electron chi connectivity index (χ4n) is 4.41. The van der Waals surface area contributed by atoms with E-state index >= 15 is 0 Å². The molecule has 2 fully saturated rings. The zero-order valence-electron chi connectivity index (χ0n) is 18.0. The van der Waals surface area contributed by atoms with Gasteiger partial charge in [0, 0.05) is 19.0 Å². The van der Waals surface area contributed by atoms with E-state index in [4.69, 9.17) is 9.47 Å². The van der Waals surface area contributed by atoms with Crippen LogP contribution in [-0.2, 0) is 16.0 Å². The monoisotopic (exact) mass is 402 g/mol. The second-order valence-electron chi connectivity index (χ2n) is 8.17. The summed E-state index contributed by atoms with van der Waals surface area (Å²) < 4.78 is 11.3. The summed E-state index contributed by atoms with van der Waals surface area (Å²) in [6.07, 6.45) is 6.11. The molecule has 29 heavy (non-hydrogen) atoms. The Morgan fingerprint density at radius 2 is 1.86 bits per heavy atom. The third-order valence-electron chi connectivity index (χ3n) is 6.13. The van der Waals surface area contributed by atoms with Crippen molar-refractivity contribution in [3.8, 4) is 11.5 Å². The first-order chi connectivity index (χ1) is 14.0. The number of carbonyl (C=O) groups is 2. The van der Waals surface area contributed by atoms with Gasteiger partial charge in [0.15, 0.2) is 11.5 Å². The molecule has 1 saturated carbocycles. The molecule has 1 aromatic carbocycles. The van der Waals surface area contributed by atoms with Crippen molar-refractivity contribution in [2.24, 2.45) is 0 Å². The second-order valence-corrected chi connectivity index (χ2v) is 8.17. The first-order valence-corrected chi connectivity index (χ1v) is 11.0. The predicted molar refractivity (Wildman–Crippen MR) is 112 cm³/mol. The lowest BCUT2D eigenvalue weighted by molar-refractivity contribution is -0.140. The van der Waals surface area contributed by atoms with Crippen molar-refractivity contribution in [2.75, 3.05) is 19.8 Å². The predicted octanol–water partition coefficient (Wildman–Crippen LogP) is 3.47. The van der Waals surface area contributed by atoms with E-state index in [2.05, 4.69) is 5.32 Å². The fraction of sp³-hybridized carbons (Fsp3) is 0.652. The average Bonchev–Trinajstić information content (AvgIpc) is 3.31. The van der Waals surface area contributed by atoms with Crippen molar-refractivity contribution in [1.82, 2.24) is 10.2 Å². The fourth-order valence-corrected chi connectivity index (χ4v) is 4.41. The van der Waals surface area contributed by atoms with E-state index < -0.39 is 5.54 Å². The van der Waals surface area contributed by atoms with E-state index in [0.717, 1.165) is 29.9 Å². The average molecular weight is 403 g/mol. The van der Waals surface area contributed by atoms with Gasteiger partial charge in [-0.15, -0.1) is 0 Å². The summed E-state index contributed by atoms with van der Waals surface area (Å²) >= 11 is 0. The van der Waals surface area contributed by atoms with E-state index in [9.17, 15) is 9.59 Å². The van der Waals surface area contributed by atoms with Gasteiger partial charge in [-0.05, 0) is 64.2 Å². The molecule has 2 amide bonds. The van der Waals surface area contributed by atoms with Gasteiger partial charge in [-0.2, -0.15) is 0 Å². The third kappa shape index (κ3) is 4.85. The van der Waals surface area contributed by atoms with E-state index in [-0.39, 0.29) is 17.9 Å². The molecular formula is C23H34N2O4. The molecule has 0 bridgehead atoms. The van der Waals surface area contributed by atoms with Gasteiger partial charge < -0.3 is 19.7 Å². The van der Waals surface area contributed by atoms with Gasteiger partial charge in [-0.3, -0.25) is 9.59 Å². The van der Waals surface area contributed by atoms with Crippen LogP contribution in [0.5, 0.6) is 11.5 Å². The lowest BCUT2D eigenvalue weighted by atomic mass is 9.96. The summed E-state index contributed by atoms with van der Waals surface area (Å²) in [5.41, 5.74) is 0.309. The van der Waals surface area contributed by atoms with Crippen LogP contribution in [0.1, 0.15) is 64.9 Å². The number of hydrogen-bond acceptors (Lipinski definition) is 4. The van der Waals surface area contributed by atoms with E-state index in [1.165, 1.54) is 12.8 Å². The molecule has 1 aliphatic carbocycles. The molecule has 1 heterocycles. The zero-order valence-corrected chi connectivity index (χ0v) is 18.0. The van der Waals surface area contributed by atoms with E-state index in [0.29, 0.717) is 39.0 Å². The molecule has 0 unspecified atom stereocenters. The Labute approximate surface area is 173 Å². The Balaban J connectivity index is 1.68. The first kappa shape index (κ1) is 21.5. The smallest absolute Gasteiger partial charge is 0.245 e. The van der Waals surface area contributed by atoms with E-state index in [1.807, 2.05) is 39.0 Å². The summed E-state index contributed by atoms with van der Waals surface area (Å²) in [5.74, 6) is 1.51. The summed E-state index contributed by atoms with van der Waals surface area (Å²) in [6, 6.07) is 6.16. The normalized spacial score (nSPS) is 22.2. The molecule has 1 aromatic rings. The lowest BCUT2D eigenvalue weighted by Gasteiger charge is -2.35. The minimum absolute atomic E-state index is 0.00282. The van der Waals surface area contributed by atoms with Gasteiger partial charge in [0.05, 0.1) is 13.2 Å². The van der Waals surface area contributed by atoms with Crippen molar-refractivity contribution in [2.45, 2.75) is 77.3 Å². The number of ether oxygens (including phenoxy) is 2. The second kappa shape index (κ2) is 9.51. The quantitative estimate of drug-likeness (QED) is 0.687. The van der Waals surface area contributed by atoms with Crippen LogP contribution in [0.3, 0.4) is 0 Å². The van der Waals surface area contributed by atoms with Crippen LogP contribution >= 0.6 is 0 Å². The van der Waals surface area contributed by atoms with Gasteiger partial charge in [-0.1, -0.05) is 18.9 Å². The molecule has 1 N–H and O–H groups in total. The Morgan fingerprint density at radius 3 is 2.55 bits per heavy atom. The maximum absolute atomic E-state index is 13.0. The van der Waals surface area contributed by atoms with Crippen LogP contribution in [0.15, 0.2) is 18.2 Å². The molecule has 6 heteroatoms. The van der Waals surface area contributed by atoms with Gasteiger partial charge in [0.1, 0.15) is 5.54 Å². The number of benzene rings is 1. The Hall–Kier alpha value is -2.24. The zero-order chi connectivity index (χ0) is 20.9. The number of nitrogens with zero attached hydrogens (tertiary/aromatic N) is 1. The first-order valence-electron chi connectivity index (χ1n) is 11.0. The van der Waals surface area contributed by atoms with Gasteiger partial charge in [0.25, 0.3) is 0 Å². The summed E-state index contributed by atoms with van der Waals surface area (Å²) in [4.78, 5) is 27.3. The Morgan fingerprint density at radius 1 is 1.17 bits per heavy atom. The van der Waals surface area contributed by atoms with Crippen molar-refractivity contribution in [1.29, 1.82) is 0 Å². The molecule has 6 nitrogen and oxygen atoms in total. The number of amides is 2. The number of hydrogen-bond donors (Lipinski definition) is 1. The van der Waals surface area contributed by atoms with Crippen molar-refractivity contribution in [3.63, 3.8) is 0 Å². The maximum atomic E-state index is 13.0. The van der Waals surface area contributed by atoms with Gasteiger partial charge >= 0.3 is 0 Å². The third-order valence-corrected chi connectivity index (χ3v) is 6.13. The molecule has 1 atom stereocenters. The Bertz CT molecular complexity index is 730. The van der Waals surface area contributed by atoms with Gasteiger partial charge in [-0.25, -0.2) is 0 Å². The standard InChI is InChI=1S/C23H34N2O4/c1-4-28-19-11-10-17(16-20(19)29-5-2)13-15-25-21(26)12-14-23(25,3)22(27)24-18-8-6-7-9-18/h10-11,16,18H,4-9,12-15H2,1-3H3,(H,24,27)/t23-/m1/s1. The highest BCUT2D eigenvalue weighted by molar-refractivity contribution is 5.94. The van der Waals surface area contributed by atoms with Crippen LogP contribution in [-0.4, -0.2) is 48.1 Å². The number of rotatable bonds is 9. The molecule has 2 aliphatic rings. The van der Waals surface area contributed by atoms with Crippen molar-refractivity contribution < 1.29 is 19.1 Å². The number of likely N-dealkylation sites (tertiary alicyclic amines) is 1. The highest BCUT2D eigenvalue weighted by Crippen LogP contribution is 2.33. The molecule has 160 valence electrons. The minimum Gasteiger partial charge on any atom is -0.490 e. The van der Waals surface area contributed by atoms with Crippen LogP contribution in [0.4, 0.5) is 0 Å². The van der Waals surface area contributed by atoms with Crippen molar-refractivity contribution in [3.05, 3.63) is 23.8 Å². The van der Waals surface area contributed by atoms with Crippen LogP contribution in [0.25, 0.3) is 0 Å². The summed E-state index contributed by atoms with van der Waals surface area (Å²) in [5, 5.41) is 3.19. The molecular weight excluding hydrogens is 368 g/mol. The van der Waals surface area contributed by atoms with Crippen molar-refractivity contribution >= 4 is 11.8 Å². The molecule has 3 rings (SSSR count). The molecule has 0 spiro atoms. The van der Waals surface area contributed by atoms with E-state index in [1.54, 1.807) is 4.90 Å². The molecule has 1 saturated heterocycles. The largest absolute Gasteiger partial charge is 0.490 e. The van der Waals surface area contributed by atoms with Crippen LogP contribution in [0, 0.1) is 0 Å². The molecule has 0 radical (unpaired) electrons. The summed E-state index contributed by atoms with van der Waals surface area (Å²) in [7, 11) is 0. The highest BCUT2D eigenvalue weighted by Gasteiger charge is 2.47. The number of nitrogens with one attached hydrogen (secondary N) is 1. The Kier molecular flexibility index (Phi) is 7.04. The minimum atomic E-state index is -0.756. The maximum Gasteiger partial charge on any atom is 0.245 e. The van der Waals surface area contributed by atoms with Crippen LogP contribution in [0.2, 0.25) is 0 Å². The molecule has 0 aromatic heterocycles. The highest BCUT2D eigenvalue weighted by atomic mass is 16.5. The topological polar surface area (TPSA) is 67.9 Å². The lowest BCUT2D eigenvalue weighted by Crippen LogP contribution is -2.56. The number of carbonyl (C=O) groups excluding carboxylic acids is 2. The molecule has 1 aliphatic heterocycles. The SMILES string of the molecule is CCOc1ccc(CCN2C(=O)CC[C@]2(C)C(=O)NC2CCCC2)cc1OCC. The van der Waals surface area contributed by atoms with Gasteiger partial charge in [0.2, 0.25) is 11.8 Å². The summed E-state index contributed by atoms with van der Waals surface area (Å²) in [6.45, 7) is 7.46. The van der Waals surface area contributed by atoms with Crippen LogP contribution < -0.4 is 14.8 Å².